The van der Waals surface area contributed by atoms with Crippen LogP contribution in [0.3, 0.4) is 0 Å². The second-order valence-corrected chi connectivity index (χ2v) is 5.65. The van der Waals surface area contributed by atoms with Crippen LogP contribution >= 0.6 is 0 Å². The largest absolute Gasteiger partial charge is 0.490 e. The minimum Gasteiger partial charge on any atom is -0.490 e. The van der Waals surface area contributed by atoms with Gasteiger partial charge in [-0.25, -0.2) is 0 Å². The van der Waals surface area contributed by atoms with Gasteiger partial charge >= 0.3 is 5.97 Å². The van der Waals surface area contributed by atoms with Crippen LogP contribution in [-0.2, 0) is 17.6 Å². The summed E-state index contributed by atoms with van der Waals surface area (Å²) in [5.74, 6) is -0.140. The molecular formula is C15H19NO4. The molecule has 0 radical (unpaired) electrons. The molecule has 108 valence electrons. The molecule has 3 unspecified atom stereocenters. The lowest BCUT2D eigenvalue weighted by atomic mass is 9.89. The number of carboxylic acid groups (broad SMARTS) is 1. The van der Waals surface area contributed by atoms with Crippen molar-refractivity contribution in [3.05, 3.63) is 22.8 Å². The monoisotopic (exact) mass is 277 g/mol. The van der Waals surface area contributed by atoms with Crippen LogP contribution in [0.15, 0.2) is 6.07 Å². The fourth-order valence-electron chi connectivity index (χ4n) is 3.17. The summed E-state index contributed by atoms with van der Waals surface area (Å²) in [4.78, 5) is 11.5. The van der Waals surface area contributed by atoms with Crippen molar-refractivity contribution in [1.82, 2.24) is 0 Å². The predicted molar refractivity (Wildman–Crippen MR) is 73.5 cm³/mol. The molecule has 3 atom stereocenters. The SMILES string of the molecule is CC1Cc2c(cc3c(c2C(CN)C(=O)O)OC(C)C3)O1. The van der Waals surface area contributed by atoms with Gasteiger partial charge in [0, 0.05) is 36.1 Å². The number of fused-ring (bicyclic) bond motifs is 2. The number of carbonyl (C=O) groups is 1. The molecule has 0 saturated heterocycles. The Balaban J connectivity index is 2.19. The molecule has 5 heteroatoms. The van der Waals surface area contributed by atoms with Gasteiger partial charge < -0.3 is 20.3 Å². The molecule has 5 nitrogen and oxygen atoms in total. The number of ether oxygens (including phenoxy) is 2. The Morgan fingerprint density at radius 3 is 2.75 bits per heavy atom. The maximum Gasteiger partial charge on any atom is 0.312 e. The fraction of sp³-hybridized carbons (Fsp3) is 0.533. The third-order valence-electron chi connectivity index (χ3n) is 3.99. The molecule has 2 aliphatic rings. The molecule has 0 spiro atoms. The summed E-state index contributed by atoms with van der Waals surface area (Å²) < 4.78 is 11.7. The van der Waals surface area contributed by atoms with Crippen LogP contribution in [0.4, 0.5) is 0 Å². The van der Waals surface area contributed by atoms with Crippen LogP contribution < -0.4 is 15.2 Å². The standard InChI is InChI=1S/C15H19NO4/c1-7-3-9-5-12-10(4-8(2)19-12)13(14(9)20-7)11(6-16)15(17)18/h5,7-8,11H,3-4,6,16H2,1-2H3,(H,17,18). The van der Waals surface area contributed by atoms with E-state index in [2.05, 4.69) is 0 Å². The molecule has 2 heterocycles. The summed E-state index contributed by atoms with van der Waals surface area (Å²) in [7, 11) is 0. The van der Waals surface area contributed by atoms with Crippen LogP contribution in [0.25, 0.3) is 0 Å². The van der Waals surface area contributed by atoms with Crippen molar-refractivity contribution in [3.8, 4) is 11.5 Å². The summed E-state index contributed by atoms with van der Waals surface area (Å²) in [5, 5.41) is 9.44. The van der Waals surface area contributed by atoms with Gasteiger partial charge in [-0.15, -0.1) is 0 Å². The average molecular weight is 277 g/mol. The highest BCUT2D eigenvalue weighted by atomic mass is 16.5. The lowest BCUT2D eigenvalue weighted by molar-refractivity contribution is -0.138. The van der Waals surface area contributed by atoms with E-state index >= 15 is 0 Å². The van der Waals surface area contributed by atoms with E-state index in [4.69, 9.17) is 15.2 Å². The van der Waals surface area contributed by atoms with Crippen LogP contribution in [0.1, 0.15) is 36.5 Å². The first-order valence-electron chi connectivity index (χ1n) is 6.96. The Kier molecular flexibility index (Phi) is 3.09. The van der Waals surface area contributed by atoms with Crippen LogP contribution in [0, 0.1) is 0 Å². The second kappa shape index (κ2) is 4.66. The van der Waals surface area contributed by atoms with Crippen LogP contribution in [0.5, 0.6) is 11.5 Å². The van der Waals surface area contributed by atoms with E-state index in [-0.39, 0.29) is 18.8 Å². The van der Waals surface area contributed by atoms with Gasteiger partial charge in [0.2, 0.25) is 0 Å². The van der Waals surface area contributed by atoms with E-state index in [1.54, 1.807) is 0 Å². The van der Waals surface area contributed by atoms with Crippen molar-refractivity contribution in [1.29, 1.82) is 0 Å². The average Bonchev–Trinajstić information content (AvgIpc) is 2.89. The summed E-state index contributed by atoms with van der Waals surface area (Å²) in [6, 6.07) is 2.00. The minimum absolute atomic E-state index is 0.0599. The maximum absolute atomic E-state index is 11.5. The molecule has 3 rings (SSSR count). The molecule has 3 N–H and O–H groups in total. The molecule has 1 aromatic rings. The molecule has 0 aromatic heterocycles. The molecule has 0 bridgehead atoms. The Hall–Kier alpha value is -1.75. The number of carboxylic acids is 1. The Morgan fingerprint density at radius 1 is 1.40 bits per heavy atom. The van der Waals surface area contributed by atoms with Crippen molar-refractivity contribution < 1.29 is 19.4 Å². The van der Waals surface area contributed by atoms with Crippen molar-refractivity contribution >= 4 is 5.97 Å². The van der Waals surface area contributed by atoms with E-state index in [1.165, 1.54) is 0 Å². The van der Waals surface area contributed by atoms with Crippen LogP contribution in [0.2, 0.25) is 0 Å². The lowest BCUT2D eigenvalue weighted by Crippen LogP contribution is -2.23. The molecule has 0 amide bonds. The predicted octanol–water partition coefficient (Wildman–Crippen LogP) is 1.46. The quantitative estimate of drug-likeness (QED) is 0.874. The molecule has 0 saturated carbocycles. The topological polar surface area (TPSA) is 81.8 Å². The summed E-state index contributed by atoms with van der Waals surface area (Å²) in [6.07, 6.45) is 1.62. The number of nitrogens with two attached hydrogens (primary N) is 1. The van der Waals surface area contributed by atoms with E-state index in [0.717, 1.165) is 28.9 Å². The van der Waals surface area contributed by atoms with Gasteiger partial charge in [0.25, 0.3) is 0 Å². The molecule has 0 fully saturated rings. The fourth-order valence-corrected chi connectivity index (χ4v) is 3.17. The number of rotatable bonds is 3. The molecule has 1 aromatic carbocycles. The van der Waals surface area contributed by atoms with Crippen LogP contribution in [-0.4, -0.2) is 29.8 Å². The molecule has 2 aliphatic heterocycles. The lowest BCUT2D eigenvalue weighted by Gasteiger charge is -2.18. The normalized spacial score (nSPS) is 24.6. The van der Waals surface area contributed by atoms with Crippen molar-refractivity contribution in [3.63, 3.8) is 0 Å². The molecule has 0 aliphatic carbocycles. The number of aliphatic carboxylic acids is 1. The maximum atomic E-state index is 11.5. The highest BCUT2D eigenvalue weighted by molar-refractivity contribution is 5.80. The Morgan fingerprint density at radius 2 is 2.10 bits per heavy atom. The number of hydrogen-bond donors (Lipinski definition) is 2. The highest BCUT2D eigenvalue weighted by Crippen LogP contribution is 2.46. The minimum atomic E-state index is -0.911. The van der Waals surface area contributed by atoms with Crippen molar-refractivity contribution in [2.45, 2.75) is 44.8 Å². The van der Waals surface area contributed by atoms with Gasteiger partial charge in [-0.1, -0.05) is 0 Å². The third-order valence-corrected chi connectivity index (χ3v) is 3.99. The van der Waals surface area contributed by atoms with Gasteiger partial charge in [-0.2, -0.15) is 0 Å². The van der Waals surface area contributed by atoms with Gasteiger partial charge in [0.15, 0.2) is 0 Å². The van der Waals surface area contributed by atoms with E-state index in [1.807, 2.05) is 19.9 Å². The smallest absolute Gasteiger partial charge is 0.312 e. The van der Waals surface area contributed by atoms with E-state index in [0.29, 0.717) is 12.2 Å². The zero-order chi connectivity index (χ0) is 14.4. The van der Waals surface area contributed by atoms with E-state index in [9.17, 15) is 9.90 Å². The Labute approximate surface area is 117 Å². The molecular weight excluding hydrogens is 258 g/mol. The van der Waals surface area contributed by atoms with Crippen molar-refractivity contribution in [2.24, 2.45) is 5.73 Å². The van der Waals surface area contributed by atoms with Gasteiger partial charge in [-0.05, 0) is 19.9 Å². The first kappa shape index (κ1) is 13.2. The first-order valence-corrected chi connectivity index (χ1v) is 6.96. The first-order chi connectivity index (χ1) is 9.51. The number of hydrogen-bond acceptors (Lipinski definition) is 4. The summed E-state index contributed by atoms with van der Waals surface area (Å²) in [6.45, 7) is 4.03. The van der Waals surface area contributed by atoms with Crippen molar-refractivity contribution in [2.75, 3.05) is 6.54 Å². The number of benzene rings is 1. The zero-order valence-corrected chi connectivity index (χ0v) is 11.7. The zero-order valence-electron chi connectivity index (χ0n) is 11.7. The van der Waals surface area contributed by atoms with Gasteiger partial charge in [-0.3, -0.25) is 4.79 Å². The third kappa shape index (κ3) is 1.93. The molecule has 20 heavy (non-hydrogen) atoms. The summed E-state index contributed by atoms with van der Waals surface area (Å²) in [5.41, 5.74) is 8.38. The summed E-state index contributed by atoms with van der Waals surface area (Å²) >= 11 is 0. The van der Waals surface area contributed by atoms with Gasteiger partial charge in [0.05, 0.1) is 5.92 Å². The van der Waals surface area contributed by atoms with E-state index < -0.39 is 11.9 Å². The highest BCUT2D eigenvalue weighted by Gasteiger charge is 2.36. The second-order valence-electron chi connectivity index (χ2n) is 5.65. The Bertz CT molecular complexity index is 533. The van der Waals surface area contributed by atoms with Gasteiger partial charge in [0.1, 0.15) is 23.7 Å².